The highest BCUT2D eigenvalue weighted by atomic mass is 16.6. The molecule has 0 saturated heterocycles. The van der Waals surface area contributed by atoms with Gasteiger partial charge < -0.3 is 14.4 Å². The minimum Gasteiger partial charge on any atom is -0.491 e. The van der Waals surface area contributed by atoms with Crippen molar-refractivity contribution in [3.05, 3.63) is 65.4 Å². The summed E-state index contributed by atoms with van der Waals surface area (Å²) in [4.78, 5) is 14.6. The molecule has 2 heterocycles. The largest absolute Gasteiger partial charge is 0.491 e. The fourth-order valence-electron chi connectivity index (χ4n) is 4.04. The minimum absolute atomic E-state index is 0.331. The van der Waals surface area contributed by atoms with Gasteiger partial charge in [0, 0.05) is 24.1 Å². The van der Waals surface area contributed by atoms with Crippen LogP contribution in [0, 0.1) is 17.2 Å². The molecule has 0 atom stereocenters. The van der Waals surface area contributed by atoms with Crippen molar-refractivity contribution in [3.8, 4) is 28.8 Å². The predicted octanol–water partition coefficient (Wildman–Crippen LogP) is 5.74. The molecule has 2 aromatic carbocycles. The summed E-state index contributed by atoms with van der Waals surface area (Å²) >= 11 is 0. The van der Waals surface area contributed by atoms with Gasteiger partial charge in [0.2, 0.25) is 0 Å². The van der Waals surface area contributed by atoms with Crippen LogP contribution in [0.4, 0.5) is 4.79 Å². The third-order valence-corrected chi connectivity index (χ3v) is 5.64. The zero-order valence-corrected chi connectivity index (χ0v) is 21.0. The Hall–Kier alpha value is -3.79. The molecule has 0 fully saturated rings. The number of benzene rings is 2. The van der Waals surface area contributed by atoms with Gasteiger partial charge in [-0.1, -0.05) is 38.1 Å². The van der Waals surface area contributed by atoms with Crippen LogP contribution in [-0.4, -0.2) is 39.5 Å². The van der Waals surface area contributed by atoms with E-state index in [9.17, 15) is 10.1 Å². The van der Waals surface area contributed by atoms with Crippen LogP contribution < -0.4 is 4.74 Å². The van der Waals surface area contributed by atoms with Crippen LogP contribution in [0.1, 0.15) is 51.4 Å². The molecule has 0 N–H and O–H groups in total. The topological polar surface area (TPSA) is 80.4 Å². The highest BCUT2D eigenvalue weighted by Crippen LogP contribution is 2.36. The molecule has 1 aliphatic rings. The Morgan fingerprint density at radius 2 is 1.86 bits per heavy atom. The van der Waals surface area contributed by atoms with Crippen LogP contribution in [0.25, 0.3) is 16.9 Å². The normalized spacial score (nSPS) is 13.3. The van der Waals surface area contributed by atoms with E-state index in [-0.39, 0.29) is 6.09 Å². The van der Waals surface area contributed by atoms with Gasteiger partial charge in [-0.2, -0.15) is 10.4 Å². The Labute approximate surface area is 206 Å². The SMILES string of the molecule is CC(C)COc1ccccc1-n1nc2c(c1-c1ccc(C#N)cc1)CN(C(=O)OC(C)(C)C)CC2. The molecule has 35 heavy (non-hydrogen) atoms. The monoisotopic (exact) mass is 472 g/mol. The fraction of sp³-hybridized carbons (Fsp3) is 0.393. The third-order valence-electron chi connectivity index (χ3n) is 5.64. The van der Waals surface area contributed by atoms with Crippen molar-refractivity contribution in [1.29, 1.82) is 5.26 Å². The summed E-state index contributed by atoms with van der Waals surface area (Å²) in [5.41, 5.74) is 4.59. The van der Waals surface area contributed by atoms with E-state index >= 15 is 0 Å². The zero-order chi connectivity index (χ0) is 25.2. The Bertz CT molecular complexity index is 1250. The van der Waals surface area contributed by atoms with Crippen molar-refractivity contribution < 1.29 is 14.3 Å². The van der Waals surface area contributed by atoms with Crippen LogP contribution in [0.3, 0.4) is 0 Å². The summed E-state index contributed by atoms with van der Waals surface area (Å²) < 4.78 is 13.7. The molecular weight excluding hydrogens is 440 g/mol. The second kappa shape index (κ2) is 9.83. The lowest BCUT2D eigenvalue weighted by Crippen LogP contribution is -2.39. The van der Waals surface area contributed by atoms with Crippen LogP contribution in [0.2, 0.25) is 0 Å². The maximum absolute atomic E-state index is 12.9. The number of nitriles is 1. The number of ether oxygens (including phenoxy) is 2. The lowest BCUT2D eigenvalue weighted by atomic mass is 10.00. The second-order valence-electron chi connectivity index (χ2n) is 10.2. The average Bonchev–Trinajstić information content (AvgIpc) is 3.20. The Balaban J connectivity index is 1.81. The number of carbonyl (C=O) groups excluding carboxylic acids is 1. The van der Waals surface area contributed by atoms with E-state index in [2.05, 4.69) is 19.9 Å². The minimum atomic E-state index is -0.565. The maximum Gasteiger partial charge on any atom is 0.410 e. The standard InChI is InChI=1S/C28H32N4O3/c1-19(2)18-34-25-9-7-6-8-24(25)32-26(21-12-10-20(16-29)11-13-21)22-17-31(15-14-23(22)30-32)27(33)35-28(3,4)5/h6-13,19H,14-15,17-18H2,1-5H3. The predicted molar refractivity (Wildman–Crippen MR) is 134 cm³/mol. The molecule has 0 radical (unpaired) electrons. The van der Waals surface area contributed by atoms with Crippen LogP contribution in [-0.2, 0) is 17.7 Å². The van der Waals surface area contributed by atoms with E-state index in [0.29, 0.717) is 37.6 Å². The molecule has 7 nitrogen and oxygen atoms in total. The molecule has 0 bridgehead atoms. The number of nitrogens with zero attached hydrogens (tertiary/aromatic N) is 4. The van der Waals surface area contributed by atoms with E-state index in [1.807, 2.05) is 61.9 Å². The number of aromatic nitrogens is 2. The first-order valence-electron chi connectivity index (χ1n) is 12.0. The zero-order valence-electron chi connectivity index (χ0n) is 21.0. The van der Waals surface area contributed by atoms with E-state index < -0.39 is 5.60 Å². The first-order chi connectivity index (χ1) is 16.7. The van der Waals surface area contributed by atoms with Crippen molar-refractivity contribution >= 4 is 6.09 Å². The van der Waals surface area contributed by atoms with Gasteiger partial charge in [0.05, 0.1) is 36.2 Å². The molecule has 0 saturated carbocycles. The Kier molecular flexibility index (Phi) is 6.83. The van der Waals surface area contributed by atoms with Gasteiger partial charge in [0.25, 0.3) is 0 Å². The molecule has 7 heteroatoms. The average molecular weight is 473 g/mol. The van der Waals surface area contributed by atoms with Crippen molar-refractivity contribution in [1.82, 2.24) is 14.7 Å². The van der Waals surface area contributed by atoms with E-state index in [0.717, 1.165) is 34.0 Å². The number of hydrogen-bond acceptors (Lipinski definition) is 5. The van der Waals surface area contributed by atoms with Crippen molar-refractivity contribution in [2.24, 2.45) is 5.92 Å². The van der Waals surface area contributed by atoms with Gasteiger partial charge in [0.15, 0.2) is 0 Å². The summed E-state index contributed by atoms with van der Waals surface area (Å²) in [5, 5.41) is 14.3. The summed E-state index contributed by atoms with van der Waals surface area (Å²) in [7, 11) is 0. The number of carbonyl (C=O) groups is 1. The van der Waals surface area contributed by atoms with Gasteiger partial charge in [-0.25, -0.2) is 9.48 Å². The third kappa shape index (κ3) is 5.48. The summed E-state index contributed by atoms with van der Waals surface area (Å²) in [6.07, 6.45) is 0.294. The number of hydrogen-bond donors (Lipinski definition) is 0. The van der Waals surface area contributed by atoms with Crippen molar-refractivity contribution in [3.63, 3.8) is 0 Å². The Morgan fingerprint density at radius 1 is 1.14 bits per heavy atom. The smallest absolute Gasteiger partial charge is 0.410 e. The number of amides is 1. The molecule has 1 amide bonds. The molecule has 1 aromatic heterocycles. The van der Waals surface area contributed by atoms with Gasteiger partial charge in [0.1, 0.15) is 17.0 Å². The van der Waals surface area contributed by atoms with Gasteiger partial charge in [-0.15, -0.1) is 0 Å². The van der Waals surface area contributed by atoms with Crippen LogP contribution in [0.5, 0.6) is 5.75 Å². The molecular formula is C28H32N4O3. The molecule has 0 unspecified atom stereocenters. The molecule has 1 aliphatic heterocycles. The van der Waals surface area contributed by atoms with E-state index in [1.54, 1.807) is 17.0 Å². The first-order valence-corrected chi connectivity index (χ1v) is 12.0. The first kappa shape index (κ1) is 24.3. The molecule has 0 aliphatic carbocycles. The van der Waals surface area contributed by atoms with Crippen LogP contribution >= 0.6 is 0 Å². The molecule has 182 valence electrons. The summed E-state index contributed by atoms with van der Waals surface area (Å²) in [6.45, 7) is 11.4. The quantitative estimate of drug-likeness (QED) is 0.473. The van der Waals surface area contributed by atoms with Gasteiger partial charge in [-0.3, -0.25) is 0 Å². The van der Waals surface area contributed by atoms with Crippen molar-refractivity contribution in [2.75, 3.05) is 13.2 Å². The van der Waals surface area contributed by atoms with E-state index in [1.165, 1.54) is 0 Å². The number of para-hydroxylation sites is 2. The highest BCUT2D eigenvalue weighted by molar-refractivity contribution is 5.72. The lowest BCUT2D eigenvalue weighted by molar-refractivity contribution is 0.0224. The summed E-state index contributed by atoms with van der Waals surface area (Å²) in [6, 6.07) is 17.5. The molecule has 3 aromatic rings. The van der Waals surface area contributed by atoms with Gasteiger partial charge in [-0.05, 0) is 51.0 Å². The van der Waals surface area contributed by atoms with Gasteiger partial charge >= 0.3 is 6.09 Å². The highest BCUT2D eigenvalue weighted by Gasteiger charge is 2.31. The maximum atomic E-state index is 12.9. The summed E-state index contributed by atoms with van der Waals surface area (Å²) in [5.74, 6) is 1.13. The van der Waals surface area contributed by atoms with E-state index in [4.69, 9.17) is 14.6 Å². The Morgan fingerprint density at radius 3 is 2.51 bits per heavy atom. The second-order valence-corrected chi connectivity index (χ2v) is 10.2. The molecule has 0 spiro atoms. The fourth-order valence-corrected chi connectivity index (χ4v) is 4.04. The molecule has 4 rings (SSSR count). The number of rotatable bonds is 5. The number of fused-ring (bicyclic) bond motifs is 1. The lowest BCUT2D eigenvalue weighted by Gasteiger charge is -2.30. The van der Waals surface area contributed by atoms with Crippen molar-refractivity contribution in [2.45, 2.75) is 53.2 Å². The van der Waals surface area contributed by atoms with Crippen LogP contribution in [0.15, 0.2) is 48.5 Å².